The van der Waals surface area contributed by atoms with Crippen molar-refractivity contribution in [2.24, 2.45) is 5.29 Å². The number of rotatable bonds is 7. The summed E-state index contributed by atoms with van der Waals surface area (Å²) in [6.45, 7) is 2.89. The molecule has 0 radical (unpaired) electrons. The standard InChI is InChI=1S/C14H20ClN3O9/c1-7(19)25-10-6-24-13(16-14(22)18(17-23)5-4-15)12(27-9(3)21)11(10)26-8(2)20/h10-13H,4-6H2,1-3H3,(H,16,22)/t10-,11-,12-,13-/m1/s1. The van der Waals surface area contributed by atoms with Gasteiger partial charge in [-0.15, -0.1) is 16.5 Å². The first-order valence-electron chi connectivity index (χ1n) is 7.80. The fourth-order valence-electron chi connectivity index (χ4n) is 2.32. The number of urea groups is 1. The van der Waals surface area contributed by atoms with Crippen LogP contribution in [0.3, 0.4) is 0 Å². The lowest BCUT2D eigenvalue weighted by atomic mass is 10.0. The molecule has 1 aliphatic rings. The maximum absolute atomic E-state index is 12.1. The minimum atomic E-state index is -1.35. The number of ether oxygens (including phenoxy) is 4. The number of nitrogens with zero attached hydrogens (tertiary/aromatic N) is 2. The molecule has 0 aromatic rings. The summed E-state index contributed by atoms with van der Waals surface area (Å²) in [6.07, 6.45) is -4.98. The zero-order valence-corrected chi connectivity index (χ0v) is 15.6. The van der Waals surface area contributed by atoms with Crippen molar-refractivity contribution in [3.63, 3.8) is 0 Å². The van der Waals surface area contributed by atoms with E-state index in [0.717, 1.165) is 20.8 Å². The molecule has 27 heavy (non-hydrogen) atoms. The van der Waals surface area contributed by atoms with Crippen LogP contribution in [0.4, 0.5) is 4.79 Å². The molecule has 4 atom stereocenters. The first-order chi connectivity index (χ1) is 12.7. The fraction of sp³-hybridized carbons (Fsp3) is 0.714. The second-order valence-corrected chi connectivity index (χ2v) is 5.77. The summed E-state index contributed by atoms with van der Waals surface area (Å²) < 4.78 is 20.6. The molecule has 2 amide bonds. The topological polar surface area (TPSA) is 150 Å². The first kappa shape index (κ1) is 22.6. The Morgan fingerprint density at radius 3 is 2.11 bits per heavy atom. The van der Waals surface area contributed by atoms with E-state index in [1.807, 2.05) is 0 Å². The number of amides is 2. The number of hydrogen-bond acceptors (Lipinski definition) is 10. The fourth-order valence-corrected chi connectivity index (χ4v) is 2.48. The van der Waals surface area contributed by atoms with Crippen LogP contribution in [0, 0.1) is 4.91 Å². The molecule has 1 saturated heterocycles. The molecule has 1 N–H and O–H groups in total. The lowest BCUT2D eigenvalue weighted by molar-refractivity contribution is -0.228. The lowest BCUT2D eigenvalue weighted by Gasteiger charge is -2.40. The van der Waals surface area contributed by atoms with Gasteiger partial charge < -0.3 is 24.3 Å². The van der Waals surface area contributed by atoms with Crippen LogP contribution in [-0.2, 0) is 33.3 Å². The third-order valence-electron chi connectivity index (χ3n) is 3.25. The summed E-state index contributed by atoms with van der Waals surface area (Å²) in [5.74, 6) is -2.24. The summed E-state index contributed by atoms with van der Waals surface area (Å²) in [7, 11) is 0. The molecule has 1 rings (SSSR count). The number of carbonyl (C=O) groups is 4. The van der Waals surface area contributed by atoms with Gasteiger partial charge in [-0.1, -0.05) is 0 Å². The van der Waals surface area contributed by atoms with Gasteiger partial charge in [-0.05, 0) is 0 Å². The highest BCUT2D eigenvalue weighted by molar-refractivity contribution is 6.18. The van der Waals surface area contributed by atoms with Gasteiger partial charge >= 0.3 is 23.9 Å². The number of alkyl halides is 1. The summed E-state index contributed by atoms with van der Waals surface area (Å²) >= 11 is 5.48. The van der Waals surface area contributed by atoms with E-state index in [1.54, 1.807) is 0 Å². The predicted molar refractivity (Wildman–Crippen MR) is 88.2 cm³/mol. The van der Waals surface area contributed by atoms with E-state index in [4.69, 9.17) is 30.5 Å². The van der Waals surface area contributed by atoms with E-state index < -0.39 is 48.5 Å². The van der Waals surface area contributed by atoms with E-state index >= 15 is 0 Å². The Labute approximate surface area is 159 Å². The van der Waals surface area contributed by atoms with Crippen LogP contribution in [-0.4, -0.2) is 72.5 Å². The van der Waals surface area contributed by atoms with Crippen molar-refractivity contribution in [3.8, 4) is 0 Å². The van der Waals surface area contributed by atoms with E-state index in [-0.39, 0.29) is 19.0 Å². The molecule has 0 aromatic carbocycles. The molecule has 1 aliphatic heterocycles. The highest BCUT2D eigenvalue weighted by Gasteiger charge is 2.47. The van der Waals surface area contributed by atoms with Crippen LogP contribution in [0.2, 0.25) is 0 Å². The van der Waals surface area contributed by atoms with Crippen molar-refractivity contribution >= 4 is 35.5 Å². The van der Waals surface area contributed by atoms with Crippen molar-refractivity contribution in [3.05, 3.63) is 4.91 Å². The van der Waals surface area contributed by atoms with Crippen molar-refractivity contribution in [1.82, 2.24) is 10.3 Å². The number of halogens is 1. The molecule has 0 bridgehead atoms. The molecule has 1 fully saturated rings. The average molecular weight is 410 g/mol. The average Bonchev–Trinajstić information content (AvgIpc) is 2.56. The van der Waals surface area contributed by atoms with Crippen molar-refractivity contribution in [1.29, 1.82) is 0 Å². The molecule has 0 unspecified atom stereocenters. The lowest BCUT2D eigenvalue weighted by Crippen LogP contribution is -2.63. The molecule has 13 heteroatoms. The number of esters is 3. The first-order valence-corrected chi connectivity index (χ1v) is 8.33. The summed E-state index contributed by atoms with van der Waals surface area (Å²) in [6, 6.07) is -0.972. The van der Waals surface area contributed by atoms with Crippen molar-refractivity contribution < 1.29 is 38.1 Å². The maximum atomic E-state index is 12.1. The third kappa shape index (κ3) is 6.98. The van der Waals surface area contributed by atoms with Crippen molar-refractivity contribution in [2.45, 2.75) is 45.3 Å². The highest BCUT2D eigenvalue weighted by Crippen LogP contribution is 2.23. The van der Waals surface area contributed by atoms with Crippen LogP contribution in [0.15, 0.2) is 5.29 Å². The van der Waals surface area contributed by atoms with Crippen molar-refractivity contribution in [2.75, 3.05) is 19.0 Å². The normalized spacial score (nSPS) is 24.3. The minimum absolute atomic E-state index is 0.0529. The Bertz CT molecular complexity index is 588. The van der Waals surface area contributed by atoms with Gasteiger partial charge in [-0.2, -0.15) is 5.01 Å². The van der Waals surface area contributed by atoms with Crippen LogP contribution >= 0.6 is 11.6 Å². The Hall–Kier alpha value is -2.47. The number of carbonyl (C=O) groups excluding carboxylic acids is 4. The molecule has 0 aliphatic carbocycles. The largest absolute Gasteiger partial charge is 0.456 e. The quantitative estimate of drug-likeness (QED) is 0.202. The van der Waals surface area contributed by atoms with Gasteiger partial charge in [0.15, 0.2) is 24.5 Å². The molecule has 152 valence electrons. The van der Waals surface area contributed by atoms with E-state index in [9.17, 15) is 24.1 Å². The van der Waals surface area contributed by atoms with Gasteiger partial charge in [-0.25, -0.2) is 4.79 Å². The molecular weight excluding hydrogens is 390 g/mol. The van der Waals surface area contributed by atoms with Crippen LogP contribution in [0.5, 0.6) is 0 Å². The highest BCUT2D eigenvalue weighted by atomic mass is 35.5. The van der Waals surface area contributed by atoms with Gasteiger partial charge in [0.25, 0.3) is 0 Å². The zero-order chi connectivity index (χ0) is 20.6. The van der Waals surface area contributed by atoms with E-state index in [0.29, 0.717) is 5.01 Å². The SMILES string of the molecule is CC(=O)O[C@@H]1[C@H](OC(C)=O)[C@H](OC(C)=O)CO[C@H]1NC(=O)N(CCCl)N=O. The maximum Gasteiger partial charge on any atom is 0.342 e. The Kier molecular flexibility index (Phi) is 8.88. The van der Waals surface area contributed by atoms with Gasteiger partial charge in [0, 0.05) is 26.7 Å². The monoisotopic (exact) mass is 409 g/mol. The number of nitroso groups, excluding NO2 is 1. The van der Waals surface area contributed by atoms with Crippen LogP contribution in [0.25, 0.3) is 0 Å². The second-order valence-electron chi connectivity index (χ2n) is 5.39. The van der Waals surface area contributed by atoms with E-state index in [2.05, 4.69) is 10.6 Å². The smallest absolute Gasteiger partial charge is 0.342 e. The molecule has 0 spiro atoms. The molecule has 1 heterocycles. The Morgan fingerprint density at radius 2 is 1.63 bits per heavy atom. The minimum Gasteiger partial charge on any atom is -0.456 e. The van der Waals surface area contributed by atoms with Gasteiger partial charge in [0.1, 0.15) is 0 Å². The van der Waals surface area contributed by atoms with Gasteiger partial charge in [0.05, 0.1) is 18.4 Å². The van der Waals surface area contributed by atoms with Crippen LogP contribution < -0.4 is 5.32 Å². The number of hydrogen-bond donors (Lipinski definition) is 1. The molecule has 0 aromatic heterocycles. The zero-order valence-electron chi connectivity index (χ0n) is 14.9. The Balaban J connectivity index is 3.06. The summed E-state index contributed by atoms with van der Waals surface area (Å²) in [4.78, 5) is 57.0. The Morgan fingerprint density at radius 1 is 1.07 bits per heavy atom. The molecule has 0 saturated carbocycles. The molecular formula is C14H20ClN3O9. The van der Waals surface area contributed by atoms with E-state index in [1.165, 1.54) is 0 Å². The third-order valence-corrected chi connectivity index (χ3v) is 3.41. The predicted octanol–water partition coefficient (Wildman–Crippen LogP) is 0.0696. The summed E-state index contributed by atoms with van der Waals surface area (Å²) in [5.41, 5.74) is 0. The summed E-state index contributed by atoms with van der Waals surface area (Å²) in [5, 5.41) is 5.31. The van der Waals surface area contributed by atoms with Gasteiger partial charge in [0.2, 0.25) is 0 Å². The number of nitrogens with one attached hydrogen (secondary N) is 1. The van der Waals surface area contributed by atoms with Crippen LogP contribution in [0.1, 0.15) is 20.8 Å². The van der Waals surface area contributed by atoms with Gasteiger partial charge in [-0.3, -0.25) is 14.4 Å². The molecule has 12 nitrogen and oxygen atoms in total. The second kappa shape index (κ2) is 10.6.